The van der Waals surface area contributed by atoms with Crippen LogP contribution in [-0.4, -0.2) is 18.4 Å². The Bertz CT molecular complexity index is 475. The van der Waals surface area contributed by atoms with Crippen LogP contribution in [0.4, 0.5) is 5.69 Å². The zero-order valence-corrected chi connectivity index (χ0v) is 12.7. The molecule has 0 fully saturated rings. The van der Waals surface area contributed by atoms with Crippen molar-refractivity contribution in [2.75, 3.05) is 11.9 Å². The molecule has 5 heteroatoms. The molecule has 0 saturated carbocycles. The number of unbranched alkanes of at least 4 members (excludes halogenated alkanes) is 2. The topological polar surface area (TPSA) is 58.2 Å². The molecule has 1 aromatic carbocycles. The predicted octanol–water partition coefficient (Wildman–Crippen LogP) is 3.28. The zero-order valence-electron chi connectivity index (χ0n) is 12.0. The molecule has 0 aliphatic carbocycles. The van der Waals surface area contributed by atoms with Crippen LogP contribution in [0, 0.1) is 6.92 Å². The van der Waals surface area contributed by atoms with E-state index in [1.54, 1.807) is 12.1 Å². The van der Waals surface area contributed by atoms with Gasteiger partial charge in [-0.05, 0) is 31.0 Å². The normalized spacial score (nSPS) is 10.2. The molecular formula is C15H21ClN2O2. The van der Waals surface area contributed by atoms with Crippen molar-refractivity contribution < 1.29 is 9.59 Å². The number of amides is 2. The van der Waals surface area contributed by atoms with Crippen molar-refractivity contribution in [1.82, 2.24) is 5.32 Å². The Morgan fingerprint density at radius 3 is 2.65 bits per heavy atom. The molecule has 4 nitrogen and oxygen atoms in total. The highest BCUT2D eigenvalue weighted by molar-refractivity contribution is 6.31. The lowest BCUT2D eigenvalue weighted by Crippen LogP contribution is -2.29. The van der Waals surface area contributed by atoms with E-state index in [1.807, 2.05) is 13.0 Å². The molecule has 20 heavy (non-hydrogen) atoms. The Morgan fingerprint density at radius 1 is 1.20 bits per heavy atom. The molecule has 0 saturated heterocycles. The number of hydrogen-bond donors (Lipinski definition) is 2. The second-order valence-electron chi connectivity index (χ2n) is 4.74. The van der Waals surface area contributed by atoms with Gasteiger partial charge in [0.15, 0.2) is 0 Å². The van der Waals surface area contributed by atoms with Crippen molar-refractivity contribution >= 4 is 29.1 Å². The van der Waals surface area contributed by atoms with E-state index < -0.39 is 0 Å². The van der Waals surface area contributed by atoms with Crippen molar-refractivity contribution in [3.63, 3.8) is 0 Å². The monoisotopic (exact) mass is 296 g/mol. The third-order valence-corrected chi connectivity index (χ3v) is 3.13. The van der Waals surface area contributed by atoms with Crippen LogP contribution in [0.2, 0.25) is 5.02 Å². The third-order valence-electron chi connectivity index (χ3n) is 2.90. The van der Waals surface area contributed by atoms with Gasteiger partial charge in [-0.15, -0.1) is 0 Å². The van der Waals surface area contributed by atoms with Crippen LogP contribution in [0.3, 0.4) is 0 Å². The van der Waals surface area contributed by atoms with Gasteiger partial charge in [0.05, 0.1) is 0 Å². The number of carbonyl (C=O) groups excluding carboxylic acids is 2. The molecule has 0 spiro atoms. The van der Waals surface area contributed by atoms with Crippen LogP contribution < -0.4 is 10.6 Å². The third kappa shape index (κ3) is 6.06. The lowest BCUT2D eigenvalue weighted by atomic mass is 10.2. The van der Waals surface area contributed by atoms with Crippen LogP contribution in [0.1, 0.15) is 38.2 Å². The molecule has 0 bridgehead atoms. The summed E-state index contributed by atoms with van der Waals surface area (Å²) in [5.41, 5.74) is 1.55. The number of hydrogen-bond acceptors (Lipinski definition) is 2. The molecular weight excluding hydrogens is 276 g/mol. The van der Waals surface area contributed by atoms with Crippen molar-refractivity contribution in [1.29, 1.82) is 0 Å². The van der Waals surface area contributed by atoms with Gasteiger partial charge in [0.1, 0.15) is 6.42 Å². The number of benzene rings is 1. The van der Waals surface area contributed by atoms with Crippen molar-refractivity contribution in [2.45, 2.75) is 39.5 Å². The highest BCUT2D eigenvalue weighted by Gasteiger charge is 2.10. The molecule has 0 aromatic heterocycles. The minimum atomic E-state index is -0.330. The summed E-state index contributed by atoms with van der Waals surface area (Å²) in [7, 11) is 0. The standard InChI is InChI=1S/C15H21ClN2O2/c1-3-4-5-8-17-14(19)10-15(20)18-13-9-12(16)7-6-11(13)2/h6-7,9H,3-5,8,10H2,1-2H3,(H,17,19)(H,18,20). The SMILES string of the molecule is CCCCCNC(=O)CC(=O)Nc1cc(Cl)ccc1C. The van der Waals surface area contributed by atoms with E-state index in [0.29, 0.717) is 17.3 Å². The minimum Gasteiger partial charge on any atom is -0.356 e. The van der Waals surface area contributed by atoms with Gasteiger partial charge in [0.25, 0.3) is 0 Å². The average molecular weight is 297 g/mol. The largest absolute Gasteiger partial charge is 0.356 e. The Morgan fingerprint density at radius 2 is 1.95 bits per heavy atom. The summed E-state index contributed by atoms with van der Waals surface area (Å²) in [6.45, 7) is 4.59. The van der Waals surface area contributed by atoms with Gasteiger partial charge in [0, 0.05) is 17.3 Å². The summed E-state index contributed by atoms with van der Waals surface area (Å²) < 4.78 is 0. The molecule has 0 aliphatic rings. The second kappa shape index (κ2) is 8.59. The average Bonchev–Trinajstić information content (AvgIpc) is 2.39. The van der Waals surface area contributed by atoms with Gasteiger partial charge in [-0.3, -0.25) is 9.59 Å². The summed E-state index contributed by atoms with van der Waals surface area (Å²) in [4.78, 5) is 23.3. The van der Waals surface area contributed by atoms with Gasteiger partial charge >= 0.3 is 0 Å². The van der Waals surface area contributed by atoms with Crippen LogP contribution in [-0.2, 0) is 9.59 Å². The molecule has 0 aliphatic heterocycles. The molecule has 1 aromatic rings. The first-order valence-corrected chi connectivity index (χ1v) is 7.23. The van der Waals surface area contributed by atoms with Crippen LogP contribution in [0.15, 0.2) is 18.2 Å². The van der Waals surface area contributed by atoms with E-state index >= 15 is 0 Å². The van der Waals surface area contributed by atoms with Crippen LogP contribution in [0.5, 0.6) is 0 Å². The Labute approximate surface area is 124 Å². The molecule has 110 valence electrons. The smallest absolute Gasteiger partial charge is 0.233 e. The maximum Gasteiger partial charge on any atom is 0.233 e. The van der Waals surface area contributed by atoms with Gasteiger partial charge < -0.3 is 10.6 Å². The molecule has 2 N–H and O–H groups in total. The van der Waals surface area contributed by atoms with Gasteiger partial charge in [0.2, 0.25) is 11.8 Å². The number of carbonyl (C=O) groups is 2. The lowest BCUT2D eigenvalue weighted by Gasteiger charge is -2.09. The summed E-state index contributed by atoms with van der Waals surface area (Å²) in [6, 6.07) is 5.25. The van der Waals surface area contributed by atoms with Crippen LogP contribution >= 0.6 is 11.6 Å². The van der Waals surface area contributed by atoms with Gasteiger partial charge in [-0.1, -0.05) is 37.4 Å². The molecule has 1 rings (SSSR count). The van der Waals surface area contributed by atoms with Crippen LogP contribution in [0.25, 0.3) is 0 Å². The van der Waals surface area contributed by atoms with E-state index in [0.717, 1.165) is 24.8 Å². The summed E-state index contributed by atoms with van der Waals surface area (Å²) in [5, 5.41) is 5.98. The van der Waals surface area contributed by atoms with E-state index in [4.69, 9.17) is 11.6 Å². The molecule has 0 atom stereocenters. The Balaban J connectivity index is 2.39. The Kier molecular flexibility index (Phi) is 7.09. The number of aryl methyl sites for hydroxylation is 1. The highest BCUT2D eigenvalue weighted by Crippen LogP contribution is 2.20. The maximum atomic E-state index is 11.8. The summed E-state index contributed by atoms with van der Waals surface area (Å²) >= 11 is 5.87. The first-order valence-electron chi connectivity index (χ1n) is 6.85. The fourth-order valence-corrected chi connectivity index (χ4v) is 1.91. The number of rotatable bonds is 7. The van der Waals surface area contributed by atoms with Crippen molar-refractivity contribution in [3.05, 3.63) is 28.8 Å². The summed E-state index contributed by atoms with van der Waals surface area (Å²) in [5.74, 6) is -0.582. The quantitative estimate of drug-likeness (QED) is 0.599. The highest BCUT2D eigenvalue weighted by atomic mass is 35.5. The van der Waals surface area contributed by atoms with Crippen molar-refractivity contribution in [2.24, 2.45) is 0 Å². The fraction of sp³-hybridized carbons (Fsp3) is 0.467. The van der Waals surface area contributed by atoms with E-state index in [9.17, 15) is 9.59 Å². The van der Waals surface area contributed by atoms with E-state index in [1.165, 1.54) is 0 Å². The number of nitrogens with one attached hydrogen (secondary N) is 2. The fourth-order valence-electron chi connectivity index (χ4n) is 1.73. The number of anilines is 1. The van der Waals surface area contributed by atoms with E-state index in [-0.39, 0.29) is 18.2 Å². The first kappa shape index (κ1) is 16.5. The Hall–Kier alpha value is -1.55. The van der Waals surface area contributed by atoms with Crippen molar-refractivity contribution in [3.8, 4) is 0 Å². The lowest BCUT2D eigenvalue weighted by molar-refractivity contribution is -0.126. The molecule has 2 amide bonds. The number of halogens is 1. The van der Waals surface area contributed by atoms with E-state index in [2.05, 4.69) is 17.6 Å². The van der Waals surface area contributed by atoms with Gasteiger partial charge in [-0.2, -0.15) is 0 Å². The summed E-state index contributed by atoms with van der Waals surface area (Å²) in [6.07, 6.45) is 2.95. The minimum absolute atomic E-state index is 0.169. The molecule has 0 radical (unpaired) electrons. The zero-order chi connectivity index (χ0) is 15.0. The second-order valence-corrected chi connectivity index (χ2v) is 5.18. The maximum absolute atomic E-state index is 11.8. The predicted molar refractivity (Wildman–Crippen MR) is 82.0 cm³/mol. The molecule has 0 unspecified atom stereocenters. The van der Waals surface area contributed by atoms with Gasteiger partial charge in [-0.25, -0.2) is 0 Å². The first-order chi connectivity index (χ1) is 9.52. The molecule has 0 heterocycles.